The number of sulfonamides is 1. The third-order valence-corrected chi connectivity index (χ3v) is 6.90. The minimum absolute atomic E-state index is 0.119. The number of nitrogens with one attached hydrogen (secondary N) is 1. The smallest absolute Gasteiger partial charge is 0.232 e. The number of amides is 2. The standard InChI is InChI=1S/C21H22ClN3O4S/c1-30(28,29)25-10-2-3-14-4-7-17(12-19(14)25)23-21(27)15-11-20(26)24(13-15)18-8-5-16(22)6-9-18/h4-9,12,15H,2-3,10-11,13H2,1H3,(H,23,27)/t15-/m1/s1. The van der Waals surface area contributed by atoms with Crippen LogP contribution >= 0.6 is 11.6 Å². The molecule has 2 amide bonds. The molecular weight excluding hydrogens is 426 g/mol. The molecule has 7 nitrogen and oxygen atoms in total. The van der Waals surface area contributed by atoms with Crippen molar-refractivity contribution in [3.8, 4) is 0 Å². The Bertz CT molecular complexity index is 1100. The molecule has 0 spiro atoms. The van der Waals surface area contributed by atoms with Gasteiger partial charge in [-0.25, -0.2) is 8.42 Å². The molecule has 0 unspecified atom stereocenters. The number of carbonyl (C=O) groups is 2. The average molecular weight is 448 g/mol. The SMILES string of the molecule is CS(=O)(=O)N1CCCc2ccc(NC(=O)[C@@H]3CC(=O)N(c4ccc(Cl)cc4)C3)cc21. The fraction of sp³-hybridized carbons (Fsp3) is 0.333. The first-order valence-corrected chi connectivity index (χ1v) is 11.9. The summed E-state index contributed by atoms with van der Waals surface area (Å²) in [6.45, 7) is 0.711. The zero-order valence-electron chi connectivity index (χ0n) is 16.5. The summed E-state index contributed by atoms with van der Waals surface area (Å²) in [4.78, 5) is 26.8. The summed E-state index contributed by atoms with van der Waals surface area (Å²) < 4.78 is 25.6. The molecule has 0 aliphatic carbocycles. The van der Waals surface area contributed by atoms with E-state index in [1.54, 1.807) is 41.3 Å². The lowest BCUT2D eigenvalue weighted by Gasteiger charge is -2.29. The Balaban J connectivity index is 1.49. The summed E-state index contributed by atoms with van der Waals surface area (Å²) in [5.74, 6) is -0.872. The van der Waals surface area contributed by atoms with Crippen molar-refractivity contribution in [1.82, 2.24) is 0 Å². The van der Waals surface area contributed by atoms with Crippen molar-refractivity contribution >= 4 is 50.5 Å². The molecular formula is C21H22ClN3O4S. The van der Waals surface area contributed by atoms with Gasteiger partial charge < -0.3 is 10.2 Å². The normalized spacial score (nSPS) is 19.0. The second kappa shape index (κ2) is 7.92. The van der Waals surface area contributed by atoms with Gasteiger partial charge in [-0.1, -0.05) is 17.7 Å². The first-order valence-electron chi connectivity index (χ1n) is 9.70. The Hall–Kier alpha value is -2.58. The molecule has 0 saturated carbocycles. The van der Waals surface area contributed by atoms with Crippen molar-refractivity contribution in [3.63, 3.8) is 0 Å². The van der Waals surface area contributed by atoms with Crippen molar-refractivity contribution in [2.24, 2.45) is 5.92 Å². The molecule has 2 heterocycles. The van der Waals surface area contributed by atoms with E-state index in [2.05, 4.69) is 5.32 Å². The Labute approximate surface area is 180 Å². The largest absolute Gasteiger partial charge is 0.326 e. The highest BCUT2D eigenvalue weighted by Crippen LogP contribution is 2.32. The molecule has 0 bridgehead atoms. The van der Waals surface area contributed by atoms with Crippen LogP contribution in [0, 0.1) is 5.92 Å². The van der Waals surface area contributed by atoms with Crippen LogP contribution in [0.4, 0.5) is 17.1 Å². The topological polar surface area (TPSA) is 86.8 Å². The molecule has 9 heteroatoms. The number of fused-ring (bicyclic) bond motifs is 1. The van der Waals surface area contributed by atoms with Crippen LogP contribution in [0.25, 0.3) is 0 Å². The quantitative estimate of drug-likeness (QED) is 0.780. The number of hydrogen-bond donors (Lipinski definition) is 1. The van der Waals surface area contributed by atoms with Crippen molar-refractivity contribution < 1.29 is 18.0 Å². The number of halogens is 1. The Morgan fingerprint density at radius 3 is 2.60 bits per heavy atom. The molecule has 0 aromatic heterocycles. The lowest BCUT2D eigenvalue weighted by atomic mass is 10.0. The van der Waals surface area contributed by atoms with E-state index in [1.165, 1.54) is 10.6 Å². The van der Waals surface area contributed by atoms with Crippen LogP contribution in [0.5, 0.6) is 0 Å². The van der Waals surface area contributed by atoms with Crippen LogP contribution in [0.2, 0.25) is 5.02 Å². The number of rotatable bonds is 4. The molecule has 1 saturated heterocycles. The minimum Gasteiger partial charge on any atom is -0.326 e. The molecule has 1 fully saturated rings. The molecule has 30 heavy (non-hydrogen) atoms. The van der Waals surface area contributed by atoms with Gasteiger partial charge in [-0.3, -0.25) is 13.9 Å². The van der Waals surface area contributed by atoms with Crippen molar-refractivity contribution in [2.75, 3.05) is 33.9 Å². The zero-order chi connectivity index (χ0) is 21.5. The number of nitrogens with zero attached hydrogens (tertiary/aromatic N) is 2. The van der Waals surface area contributed by atoms with E-state index in [4.69, 9.17) is 11.6 Å². The first kappa shape index (κ1) is 20.7. The number of benzene rings is 2. The molecule has 4 rings (SSSR count). The van der Waals surface area contributed by atoms with Gasteiger partial charge in [0.25, 0.3) is 0 Å². The predicted molar refractivity (Wildman–Crippen MR) is 117 cm³/mol. The van der Waals surface area contributed by atoms with E-state index in [0.717, 1.165) is 18.4 Å². The van der Waals surface area contributed by atoms with Crippen LogP contribution in [0.15, 0.2) is 42.5 Å². The van der Waals surface area contributed by atoms with Crippen LogP contribution in [0.1, 0.15) is 18.4 Å². The summed E-state index contributed by atoms with van der Waals surface area (Å²) in [5.41, 5.74) is 2.77. The van der Waals surface area contributed by atoms with Gasteiger partial charge in [-0.05, 0) is 54.8 Å². The monoisotopic (exact) mass is 447 g/mol. The van der Waals surface area contributed by atoms with Gasteiger partial charge in [0.1, 0.15) is 0 Å². The highest BCUT2D eigenvalue weighted by atomic mass is 35.5. The highest BCUT2D eigenvalue weighted by molar-refractivity contribution is 7.92. The van der Waals surface area contributed by atoms with Crippen molar-refractivity contribution in [1.29, 1.82) is 0 Å². The van der Waals surface area contributed by atoms with Gasteiger partial charge in [-0.15, -0.1) is 0 Å². The number of aryl methyl sites for hydroxylation is 1. The second-order valence-electron chi connectivity index (χ2n) is 7.65. The minimum atomic E-state index is -3.39. The number of carbonyl (C=O) groups excluding carboxylic acids is 2. The van der Waals surface area contributed by atoms with Gasteiger partial charge in [0.05, 0.1) is 17.9 Å². The molecule has 2 aromatic carbocycles. The molecule has 2 aromatic rings. The Kier molecular flexibility index (Phi) is 5.46. The van der Waals surface area contributed by atoms with E-state index in [1.807, 2.05) is 6.07 Å². The fourth-order valence-corrected chi connectivity index (χ4v) is 5.08. The van der Waals surface area contributed by atoms with Gasteiger partial charge in [0.2, 0.25) is 21.8 Å². The third kappa shape index (κ3) is 4.15. The van der Waals surface area contributed by atoms with E-state index >= 15 is 0 Å². The Morgan fingerprint density at radius 1 is 1.17 bits per heavy atom. The summed E-state index contributed by atoms with van der Waals surface area (Å²) >= 11 is 5.90. The van der Waals surface area contributed by atoms with Gasteiger partial charge in [0.15, 0.2) is 0 Å². The molecule has 2 aliphatic heterocycles. The van der Waals surface area contributed by atoms with Gasteiger partial charge in [-0.2, -0.15) is 0 Å². The molecule has 1 N–H and O–H groups in total. The molecule has 1 atom stereocenters. The zero-order valence-corrected chi connectivity index (χ0v) is 18.0. The lowest BCUT2D eigenvalue weighted by Crippen LogP contribution is -2.34. The maximum absolute atomic E-state index is 12.8. The maximum Gasteiger partial charge on any atom is 0.232 e. The maximum atomic E-state index is 12.8. The van der Waals surface area contributed by atoms with Crippen LogP contribution in [0.3, 0.4) is 0 Å². The van der Waals surface area contributed by atoms with E-state index in [0.29, 0.717) is 28.6 Å². The fourth-order valence-electron chi connectivity index (χ4n) is 3.96. The average Bonchev–Trinajstić information content (AvgIpc) is 3.09. The van der Waals surface area contributed by atoms with Crippen molar-refractivity contribution in [3.05, 3.63) is 53.1 Å². The van der Waals surface area contributed by atoms with E-state index in [9.17, 15) is 18.0 Å². The summed E-state index contributed by atoms with van der Waals surface area (Å²) in [6.07, 6.45) is 2.86. The Morgan fingerprint density at radius 2 is 1.90 bits per heavy atom. The van der Waals surface area contributed by atoms with Gasteiger partial charge in [0, 0.05) is 35.9 Å². The summed E-state index contributed by atoms with van der Waals surface area (Å²) in [6, 6.07) is 12.2. The lowest BCUT2D eigenvalue weighted by molar-refractivity contribution is -0.122. The van der Waals surface area contributed by atoms with Crippen LogP contribution in [-0.4, -0.2) is 39.6 Å². The van der Waals surface area contributed by atoms with Crippen molar-refractivity contribution in [2.45, 2.75) is 19.3 Å². The third-order valence-electron chi connectivity index (χ3n) is 5.46. The van der Waals surface area contributed by atoms with Gasteiger partial charge >= 0.3 is 0 Å². The summed E-state index contributed by atoms with van der Waals surface area (Å²) in [5, 5.41) is 3.43. The second-order valence-corrected chi connectivity index (χ2v) is 10.00. The highest BCUT2D eigenvalue weighted by Gasteiger charge is 2.35. The molecule has 158 valence electrons. The van der Waals surface area contributed by atoms with Crippen LogP contribution < -0.4 is 14.5 Å². The van der Waals surface area contributed by atoms with Crippen LogP contribution in [-0.2, 0) is 26.0 Å². The molecule has 0 radical (unpaired) electrons. The first-order chi connectivity index (χ1) is 14.2. The predicted octanol–water partition coefficient (Wildman–Crippen LogP) is 3.04. The number of anilines is 3. The van der Waals surface area contributed by atoms with E-state index in [-0.39, 0.29) is 24.8 Å². The van der Waals surface area contributed by atoms with E-state index < -0.39 is 15.9 Å². The summed E-state index contributed by atoms with van der Waals surface area (Å²) in [7, 11) is -3.39. The molecule has 2 aliphatic rings. The number of hydrogen-bond acceptors (Lipinski definition) is 4.